The molecule has 0 fully saturated rings. The molecular formula is C13H12N2O3. The first-order chi connectivity index (χ1) is 8.69. The summed E-state index contributed by atoms with van der Waals surface area (Å²) in [7, 11) is 1.59. The molecule has 2 rings (SSSR count). The molecule has 0 radical (unpaired) electrons. The summed E-state index contributed by atoms with van der Waals surface area (Å²) in [5.41, 5.74) is 1.41. The van der Waals surface area contributed by atoms with E-state index < -0.39 is 5.97 Å². The second-order valence-corrected chi connectivity index (χ2v) is 3.72. The van der Waals surface area contributed by atoms with Crippen LogP contribution in [0.4, 0.5) is 0 Å². The molecule has 0 saturated heterocycles. The molecule has 0 aliphatic carbocycles. The molecule has 18 heavy (non-hydrogen) atoms. The van der Waals surface area contributed by atoms with E-state index in [4.69, 9.17) is 9.84 Å². The number of benzene rings is 1. The fraction of sp³-hybridized carbons (Fsp3) is 0.154. The summed E-state index contributed by atoms with van der Waals surface area (Å²) in [5.74, 6) is 0.376. The highest BCUT2D eigenvalue weighted by Gasteiger charge is 2.05. The third-order valence-electron chi connectivity index (χ3n) is 2.39. The summed E-state index contributed by atoms with van der Waals surface area (Å²) < 4.78 is 5.12. The van der Waals surface area contributed by atoms with Gasteiger partial charge in [-0.1, -0.05) is 12.1 Å². The number of carboxylic acids is 1. The average molecular weight is 244 g/mol. The van der Waals surface area contributed by atoms with Crippen molar-refractivity contribution < 1.29 is 14.6 Å². The van der Waals surface area contributed by atoms with Gasteiger partial charge in [0, 0.05) is 18.0 Å². The molecule has 0 unspecified atom stereocenters. The zero-order chi connectivity index (χ0) is 13.0. The van der Waals surface area contributed by atoms with Gasteiger partial charge in [-0.2, -0.15) is 0 Å². The minimum Gasteiger partial charge on any atom is -0.497 e. The summed E-state index contributed by atoms with van der Waals surface area (Å²) in [4.78, 5) is 18.8. The van der Waals surface area contributed by atoms with E-state index in [9.17, 15) is 4.79 Å². The Morgan fingerprint density at radius 2 is 2.06 bits per heavy atom. The summed E-state index contributed by atoms with van der Waals surface area (Å²) in [5, 5.41) is 8.65. The summed E-state index contributed by atoms with van der Waals surface area (Å²) in [6.45, 7) is 0. The lowest BCUT2D eigenvalue weighted by atomic mass is 10.2. The Hall–Kier alpha value is -2.43. The fourth-order valence-electron chi connectivity index (χ4n) is 1.53. The van der Waals surface area contributed by atoms with E-state index in [1.165, 1.54) is 12.4 Å². The van der Waals surface area contributed by atoms with Crippen LogP contribution in [-0.2, 0) is 11.2 Å². The molecule has 0 aliphatic heterocycles. The molecule has 2 aromatic rings. The van der Waals surface area contributed by atoms with Gasteiger partial charge in [0.1, 0.15) is 5.75 Å². The molecule has 1 N–H and O–H groups in total. The fourth-order valence-corrected chi connectivity index (χ4v) is 1.53. The van der Waals surface area contributed by atoms with Crippen LogP contribution in [0.5, 0.6) is 5.75 Å². The Kier molecular flexibility index (Phi) is 3.52. The Balaban J connectivity index is 2.25. The number of nitrogens with zero attached hydrogens (tertiary/aromatic N) is 2. The van der Waals surface area contributed by atoms with Gasteiger partial charge in [0.15, 0.2) is 5.82 Å². The SMILES string of the molecule is COc1cccc(-c2ncc(CC(=O)O)cn2)c1. The van der Waals surface area contributed by atoms with Crippen molar-refractivity contribution in [3.8, 4) is 17.1 Å². The third-order valence-corrected chi connectivity index (χ3v) is 2.39. The molecule has 0 spiro atoms. The molecule has 0 bridgehead atoms. The first-order valence-electron chi connectivity index (χ1n) is 5.36. The maximum absolute atomic E-state index is 10.5. The highest BCUT2D eigenvalue weighted by molar-refractivity contribution is 5.70. The molecular weight excluding hydrogens is 232 g/mol. The van der Waals surface area contributed by atoms with Crippen LogP contribution in [0.3, 0.4) is 0 Å². The van der Waals surface area contributed by atoms with Gasteiger partial charge in [0.05, 0.1) is 13.5 Å². The molecule has 0 amide bonds. The molecule has 1 aromatic carbocycles. The van der Waals surface area contributed by atoms with Crippen LogP contribution in [0.15, 0.2) is 36.7 Å². The lowest BCUT2D eigenvalue weighted by Gasteiger charge is -2.03. The maximum atomic E-state index is 10.5. The van der Waals surface area contributed by atoms with Gasteiger partial charge >= 0.3 is 5.97 Å². The van der Waals surface area contributed by atoms with Gasteiger partial charge in [0.2, 0.25) is 0 Å². The van der Waals surface area contributed by atoms with Crippen molar-refractivity contribution in [2.45, 2.75) is 6.42 Å². The van der Waals surface area contributed by atoms with Gasteiger partial charge in [-0.3, -0.25) is 4.79 Å². The molecule has 0 saturated carbocycles. The van der Waals surface area contributed by atoms with Crippen molar-refractivity contribution in [2.75, 3.05) is 7.11 Å². The number of ether oxygens (including phenoxy) is 1. The number of hydrogen-bond donors (Lipinski definition) is 1. The number of rotatable bonds is 4. The second kappa shape index (κ2) is 5.27. The molecule has 5 heteroatoms. The highest BCUT2D eigenvalue weighted by atomic mass is 16.5. The zero-order valence-electron chi connectivity index (χ0n) is 9.83. The first-order valence-corrected chi connectivity index (χ1v) is 5.36. The van der Waals surface area contributed by atoms with Gasteiger partial charge in [-0.25, -0.2) is 9.97 Å². The van der Waals surface area contributed by atoms with E-state index in [1.807, 2.05) is 24.3 Å². The number of aromatic nitrogens is 2. The van der Waals surface area contributed by atoms with E-state index in [2.05, 4.69) is 9.97 Å². The number of methoxy groups -OCH3 is 1. The quantitative estimate of drug-likeness (QED) is 0.887. The van der Waals surface area contributed by atoms with Crippen molar-refractivity contribution in [1.82, 2.24) is 9.97 Å². The molecule has 1 aromatic heterocycles. The third kappa shape index (κ3) is 2.82. The molecule has 92 valence electrons. The topological polar surface area (TPSA) is 72.3 Å². The summed E-state index contributed by atoms with van der Waals surface area (Å²) in [6, 6.07) is 7.38. The van der Waals surface area contributed by atoms with E-state index >= 15 is 0 Å². The highest BCUT2D eigenvalue weighted by Crippen LogP contribution is 2.20. The molecule has 5 nitrogen and oxygen atoms in total. The van der Waals surface area contributed by atoms with Gasteiger partial charge in [0.25, 0.3) is 0 Å². The Morgan fingerprint density at radius 1 is 1.33 bits per heavy atom. The number of hydrogen-bond acceptors (Lipinski definition) is 4. The Bertz CT molecular complexity index is 552. The smallest absolute Gasteiger partial charge is 0.307 e. The Morgan fingerprint density at radius 3 is 2.67 bits per heavy atom. The lowest BCUT2D eigenvalue weighted by molar-refractivity contribution is -0.136. The second-order valence-electron chi connectivity index (χ2n) is 3.72. The standard InChI is InChI=1S/C13H12N2O3/c1-18-11-4-2-3-10(6-11)13-14-7-9(8-15-13)5-12(16)17/h2-4,6-8H,5H2,1H3,(H,16,17). The van der Waals surface area contributed by atoms with Crippen molar-refractivity contribution in [2.24, 2.45) is 0 Å². The summed E-state index contributed by atoms with van der Waals surface area (Å²) >= 11 is 0. The zero-order valence-corrected chi connectivity index (χ0v) is 9.83. The van der Waals surface area contributed by atoms with Crippen molar-refractivity contribution >= 4 is 5.97 Å². The molecule has 1 heterocycles. The summed E-state index contributed by atoms with van der Waals surface area (Å²) in [6.07, 6.45) is 2.98. The number of aliphatic carboxylic acids is 1. The Labute approximate surface area is 104 Å². The minimum atomic E-state index is -0.896. The van der Waals surface area contributed by atoms with Crippen molar-refractivity contribution in [3.05, 3.63) is 42.2 Å². The number of carbonyl (C=O) groups is 1. The van der Waals surface area contributed by atoms with Crippen molar-refractivity contribution in [3.63, 3.8) is 0 Å². The van der Waals surface area contributed by atoms with Crippen LogP contribution in [-0.4, -0.2) is 28.2 Å². The molecule has 0 atom stereocenters. The van der Waals surface area contributed by atoms with E-state index in [-0.39, 0.29) is 6.42 Å². The van der Waals surface area contributed by atoms with Gasteiger partial charge in [-0.15, -0.1) is 0 Å². The van der Waals surface area contributed by atoms with E-state index in [1.54, 1.807) is 7.11 Å². The predicted molar refractivity (Wildman–Crippen MR) is 65.4 cm³/mol. The van der Waals surface area contributed by atoms with Crippen molar-refractivity contribution in [1.29, 1.82) is 0 Å². The van der Waals surface area contributed by atoms with Gasteiger partial charge in [-0.05, 0) is 17.7 Å². The van der Waals surface area contributed by atoms with E-state index in [0.29, 0.717) is 11.4 Å². The number of carboxylic acid groups (broad SMARTS) is 1. The maximum Gasteiger partial charge on any atom is 0.307 e. The molecule has 0 aliphatic rings. The van der Waals surface area contributed by atoms with Crippen LogP contribution in [0.1, 0.15) is 5.56 Å². The van der Waals surface area contributed by atoms with Crippen LogP contribution in [0.25, 0.3) is 11.4 Å². The normalized spacial score (nSPS) is 10.1. The first kappa shape index (κ1) is 12.0. The average Bonchev–Trinajstić information content (AvgIpc) is 2.39. The van der Waals surface area contributed by atoms with E-state index in [0.717, 1.165) is 11.3 Å². The van der Waals surface area contributed by atoms with Crippen LogP contribution in [0.2, 0.25) is 0 Å². The predicted octanol–water partition coefficient (Wildman–Crippen LogP) is 1.78. The monoisotopic (exact) mass is 244 g/mol. The minimum absolute atomic E-state index is 0.0710. The van der Waals surface area contributed by atoms with Gasteiger partial charge < -0.3 is 9.84 Å². The lowest BCUT2D eigenvalue weighted by Crippen LogP contribution is -2.01. The largest absolute Gasteiger partial charge is 0.497 e. The van der Waals surface area contributed by atoms with Crippen LogP contribution < -0.4 is 4.74 Å². The van der Waals surface area contributed by atoms with Crippen LogP contribution in [0, 0.1) is 0 Å². The van der Waals surface area contributed by atoms with Crippen LogP contribution >= 0.6 is 0 Å².